The molecule has 2 aromatic heterocycles. The molecule has 2 heterocycles. The Morgan fingerprint density at radius 1 is 1.15 bits per heavy atom. The van der Waals surface area contributed by atoms with E-state index >= 15 is 0 Å². The van der Waals surface area contributed by atoms with Crippen molar-refractivity contribution in [3.8, 4) is 5.75 Å². The third-order valence-electron chi connectivity index (χ3n) is 5.55. The molecule has 0 fully saturated rings. The van der Waals surface area contributed by atoms with Crippen molar-refractivity contribution >= 4 is 33.9 Å². The van der Waals surface area contributed by atoms with Gasteiger partial charge in [0.15, 0.2) is 6.61 Å². The lowest BCUT2D eigenvalue weighted by molar-refractivity contribution is -0.130. The molecule has 34 heavy (non-hydrogen) atoms. The van der Waals surface area contributed by atoms with Crippen molar-refractivity contribution in [1.29, 1.82) is 0 Å². The third kappa shape index (κ3) is 4.63. The van der Waals surface area contributed by atoms with Crippen LogP contribution in [-0.4, -0.2) is 47.0 Å². The van der Waals surface area contributed by atoms with Gasteiger partial charge in [-0.15, -0.1) is 0 Å². The van der Waals surface area contributed by atoms with Gasteiger partial charge in [-0.05, 0) is 24.6 Å². The van der Waals surface area contributed by atoms with Crippen LogP contribution in [0.1, 0.15) is 24.9 Å². The molecule has 0 spiro atoms. The molecule has 1 N–H and O–H groups in total. The fraction of sp³-hybridized carbons (Fsp3) is 0.280. The standard InChI is InChI=1S/C25H26N4O5/c1-4-18(16-9-5-7-11-19(16)33-14-22(31)28(2)3)27-21(30)13-29-15-26-23-17-10-6-8-12-20(17)34-24(23)25(29)32/h5-12,15,18H,4,13-14H2,1-3H3,(H,27,30). The summed E-state index contributed by atoms with van der Waals surface area (Å²) in [5.74, 6) is -0.00231. The highest BCUT2D eigenvalue weighted by atomic mass is 16.5. The van der Waals surface area contributed by atoms with E-state index in [9.17, 15) is 14.4 Å². The van der Waals surface area contributed by atoms with Crippen LogP contribution in [0.15, 0.2) is 64.1 Å². The van der Waals surface area contributed by atoms with E-state index in [1.165, 1.54) is 15.8 Å². The van der Waals surface area contributed by atoms with Crippen molar-refractivity contribution < 1.29 is 18.7 Å². The molecule has 2 aromatic carbocycles. The fourth-order valence-corrected chi connectivity index (χ4v) is 3.69. The van der Waals surface area contributed by atoms with Crippen LogP contribution in [0.5, 0.6) is 5.75 Å². The first-order chi connectivity index (χ1) is 16.4. The van der Waals surface area contributed by atoms with Crippen LogP contribution < -0.4 is 15.6 Å². The quantitative estimate of drug-likeness (QED) is 0.432. The number of nitrogens with one attached hydrogen (secondary N) is 1. The fourth-order valence-electron chi connectivity index (χ4n) is 3.69. The molecule has 176 valence electrons. The Hall–Kier alpha value is -4.14. The van der Waals surface area contributed by atoms with Crippen LogP contribution in [0.2, 0.25) is 0 Å². The number of likely N-dealkylation sites (N-methyl/N-ethyl adjacent to an activating group) is 1. The normalized spacial score (nSPS) is 12.0. The molecule has 9 nitrogen and oxygen atoms in total. The van der Waals surface area contributed by atoms with Gasteiger partial charge >= 0.3 is 0 Å². The summed E-state index contributed by atoms with van der Waals surface area (Å²) in [7, 11) is 3.32. The van der Waals surface area contributed by atoms with Crippen molar-refractivity contribution in [3.63, 3.8) is 0 Å². The zero-order valence-corrected chi connectivity index (χ0v) is 19.3. The number of aromatic nitrogens is 2. The average Bonchev–Trinajstić information content (AvgIpc) is 3.22. The predicted molar refractivity (Wildman–Crippen MR) is 128 cm³/mol. The summed E-state index contributed by atoms with van der Waals surface area (Å²) in [5, 5.41) is 3.70. The minimum absolute atomic E-state index is 0.104. The number of amides is 2. The van der Waals surface area contributed by atoms with E-state index in [0.29, 0.717) is 23.3 Å². The number of ether oxygens (including phenoxy) is 1. The van der Waals surface area contributed by atoms with Crippen molar-refractivity contribution in [3.05, 3.63) is 70.8 Å². The van der Waals surface area contributed by atoms with Gasteiger partial charge in [-0.1, -0.05) is 37.3 Å². The zero-order valence-electron chi connectivity index (χ0n) is 19.3. The molecule has 0 aliphatic carbocycles. The van der Waals surface area contributed by atoms with Crippen LogP contribution in [0.4, 0.5) is 0 Å². The molecule has 1 unspecified atom stereocenters. The molecule has 0 bridgehead atoms. The zero-order chi connectivity index (χ0) is 24.2. The molecule has 4 rings (SSSR count). The number of furan rings is 1. The van der Waals surface area contributed by atoms with Gasteiger partial charge < -0.3 is 19.4 Å². The summed E-state index contributed by atoms with van der Waals surface area (Å²) in [6.07, 6.45) is 1.95. The van der Waals surface area contributed by atoms with E-state index in [-0.39, 0.29) is 36.6 Å². The molecule has 0 aliphatic heterocycles. The first-order valence-electron chi connectivity index (χ1n) is 11.0. The largest absolute Gasteiger partial charge is 0.483 e. The topological polar surface area (TPSA) is 107 Å². The van der Waals surface area contributed by atoms with Crippen LogP contribution in [-0.2, 0) is 16.1 Å². The molecule has 0 saturated carbocycles. The van der Waals surface area contributed by atoms with Crippen molar-refractivity contribution in [1.82, 2.24) is 19.8 Å². The Balaban J connectivity index is 1.52. The Kier molecular flexibility index (Phi) is 6.62. The number of rotatable bonds is 8. The second-order valence-electron chi connectivity index (χ2n) is 8.10. The Morgan fingerprint density at radius 2 is 1.88 bits per heavy atom. The van der Waals surface area contributed by atoms with E-state index in [1.807, 2.05) is 37.3 Å². The smallest absolute Gasteiger partial charge is 0.297 e. The van der Waals surface area contributed by atoms with E-state index in [4.69, 9.17) is 9.15 Å². The molecule has 9 heteroatoms. The number of hydrogen-bond donors (Lipinski definition) is 1. The van der Waals surface area contributed by atoms with Gasteiger partial charge in [0.1, 0.15) is 23.4 Å². The van der Waals surface area contributed by atoms with E-state index in [0.717, 1.165) is 10.9 Å². The summed E-state index contributed by atoms with van der Waals surface area (Å²) < 4.78 is 12.6. The summed E-state index contributed by atoms with van der Waals surface area (Å²) >= 11 is 0. The highest BCUT2D eigenvalue weighted by Gasteiger charge is 2.19. The lowest BCUT2D eigenvalue weighted by Gasteiger charge is -2.21. The number of carbonyl (C=O) groups is 2. The van der Waals surface area contributed by atoms with Crippen molar-refractivity contribution in [2.45, 2.75) is 25.9 Å². The number of fused-ring (bicyclic) bond motifs is 3. The molecular weight excluding hydrogens is 436 g/mol. The number of para-hydroxylation sites is 2. The van der Waals surface area contributed by atoms with Crippen molar-refractivity contribution in [2.24, 2.45) is 0 Å². The van der Waals surface area contributed by atoms with Gasteiger partial charge in [-0.3, -0.25) is 19.0 Å². The van der Waals surface area contributed by atoms with E-state index in [1.54, 1.807) is 32.3 Å². The van der Waals surface area contributed by atoms with Crippen LogP contribution >= 0.6 is 0 Å². The maximum absolute atomic E-state index is 12.9. The molecule has 0 saturated heterocycles. The molecule has 0 aliphatic rings. The lowest BCUT2D eigenvalue weighted by atomic mass is 10.0. The molecule has 0 radical (unpaired) electrons. The second kappa shape index (κ2) is 9.78. The first kappa shape index (κ1) is 23.0. The maximum atomic E-state index is 12.9. The van der Waals surface area contributed by atoms with Crippen LogP contribution in [0.25, 0.3) is 22.1 Å². The van der Waals surface area contributed by atoms with Gasteiger partial charge in [0.05, 0.1) is 12.4 Å². The van der Waals surface area contributed by atoms with Gasteiger partial charge in [-0.25, -0.2) is 4.98 Å². The highest BCUT2D eigenvalue weighted by Crippen LogP contribution is 2.27. The summed E-state index contributed by atoms with van der Waals surface area (Å²) in [6, 6.07) is 14.2. The van der Waals surface area contributed by atoms with Crippen LogP contribution in [0, 0.1) is 0 Å². The van der Waals surface area contributed by atoms with Gasteiger partial charge in [0, 0.05) is 25.0 Å². The van der Waals surface area contributed by atoms with E-state index < -0.39 is 5.56 Å². The number of carbonyl (C=O) groups excluding carboxylic acids is 2. The minimum atomic E-state index is -0.421. The Morgan fingerprint density at radius 3 is 2.65 bits per heavy atom. The maximum Gasteiger partial charge on any atom is 0.297 e. The van der Waals surface area contributed by atoms with E-state index in [2.05, 4.69) is 10.3 Å². The van der Waals surface area contributed by atoms with Gasteiger partial charge in [0.25, 0.3) is 11.5 Å². The summed E-state index contributed by atoms with van der Waals surface area (Å²) in [5.41, 5.74) is 1.49. The molecule has 1 atom stereocenters. The van der Waals surface area contributed by atoms with Crippen LogP contribution in [0.3, 0.4) is 0 Å². The monoisotopic (exact) mass is 462 g/mol. The number of nitrogens with zero attached hydrogens (tertiary/aromatic N) is 3. The summed E-state index contributed by atoms with van der Waals surface area (Å²) in [4.78, 5) is 43.5. The molecule has 2 amide bonds. The minimum Gasteiger partial charge on any atom is -0.483 e. The van der Waals surface area contributed by atoms with Crippen molar-refractivity contribution in [2.75, 3.05) is 20.7 Å². The Labute approximate surface area is 195 Å². The molecular formula is C25H26N4O5. The molecule has 4 aromatic rings. The number of hydrogen-bond acceptors (Lipinski definition) is 6. The summed E-state index contributed by atoms with van der Waals surface area (Å²) in [6.45, 7) is 1.62. The SMILES string of the molecule is CCC(NC(=O)Cn1cnc2c(oc3ccccc32)c1=O)c1ccccc1OCC(=O)N(C)C. The highest BCUT2D eigenvalue weighted by molar-refractivity contribution is 6.01. The predicted octanol–water partition coefficient (Wildman–Crippen LogP) is 2.88. The Bertz CT molecular complexity index is 1410. The second-order valence-corrected chi connectivity index (χ2v) is 8.10. The average molecular weight is 463 g/mol. The number of benzene rings is 2. The van der Waals surface area contributed by atoms with Gasteiger partial charge in [0.2, 0.25) is 11.5 Å². The third-order valence-corrected chi connectivity index (χ3v) is 5.55. The lowest BCUT2D eigenvalue weighted by Crippen LogP contribution is -2.35. The first-order valence-corrected chi connectivity index (χ1v) is 11.0. The van der Waals surface area contributed by atoms with Gasteiger partial charge in [-0.2, -0.15) is 0 Å².